The first-order valence-electron chi connectivity index (χ1n) is 10.7. The number of hydrogen-bond donors (Lipinski definition) is 3. The number of carbonyl (C=O) groups is 2. The molecule has 0 saturated heterocycles. The van der Waals surface area contributed by atoms with Crippen LogP contribution in [0.3, 0.4) is 0 Å². The lowest BCUT2D eigenvalue weighted by molar-refractivity contribution is -0.384. The molecule has 2 amide bonds. The SMILES string of the molecule is Cc1[nH]c2ccc([N+](=O)[O-])cc2c1/C=N\NC(=O)/C(=C\c1ccccc1)NC(=O)c1ccccc1. The number of aromatic nitrogens is 1. The Bertz CT molecular complexity index is 1460. The molecule has 0 aliphatic rings. The van der Waals surface area contributed by atoms with Gasteiger partial charge in [0.15, 0.2) is 0 Å². The van der Waals surface area contributed by atoms with Gasteiger partial charge in [-0.05, 0) is 36.8 Å². The van der Waals surface area contributed by atoms with Crippen LogP contribution in [-0.4, -0.2) is 27.9 Å². The monoisotopic (exact) mass is 467 g/mol. The van der Waals surface area contributed by atoms with E-state index in [0.29, 0.717) is 22.0 Å². The number of nitrogens with one attached hydrogen (secondary N) is 3. The summed E-state index contributed by atoms with van der Waals surface area (Å²) in [7, 11) is 0. The number of amides is 2. The molecule has 9 heteroatoms. The molecular weight excluding hydrogens is 446 g/mol. The van der Waals surface area contributed by atoms with E-state index < -0.39 is 16.7 Å². The van der Waals surface area contributed by atoms with E-state index in [1.165, 1.54) is 18.3 Å². The van der Waals surface area contributed by atoms with Crippen molar-refractivity contribution in [3.05, 3.63) is 117 Å². The maximum atomic E-state index is 12.9. The number of non-ortho nitro benzene ring substituents is 1. The number of aromatic amines is 1. The Morgan fingerprint density at radius 3 is 2.37 bits per heavy atom. The number of hydrazone groups is 1. The van der Waals surface area contributed by atoms with Crippen molar-refractivity contribution in [2.24, 2.45) is 5.10 Å². The Kier molecular flexibility index (Phi) is 6.78. The van der Waals surface area contributed by atoms with Crippen LogP contribution in [0.4, 0.5) is 5.69 Å². The highest BCUT2D eigenvalue weighted by atomic mass is 16.6. The van der Waals surface area contributed by atoms with Crippen LogP contribution in [0.25, 0.3) is 17.0 Å². The number of carbonyl (C=O) groups excluding carboxylic acids is 2. The predicted octanol–water partition coefficient (Wildman–Crippen LogP) is 4.31. The van der Waals surface area contributed by atoms with Crippen LogP contribution in [-0.2, 0) is 4.79 Å². The number of rotatable bonds is 7. The third-order valence-electron chi connectivity index (χ3n) is 5.23. The molecule has 4 aromatic rings. The van der Waals surface area contributed by atoms with Crippen LogP contribution < -0.4 is 10.7 Å². The Labute approximate surface area is 200 Å². The van der Waals surface area contributed by atoms with E-state index in [2.05, 4.69) is 20.8 Å². The minimum atomic E-state index is -0.627. The molecule has 0 atom stereocenters. The maximum absolute atomic E-state index is 12.9. The lowest BCUT2D eigenvalue weighted by Crippen LogP contribution is -2.32. The van der Waals surface area contributed by atoms with Crippen LogP contribution in [0, 0.1) is 17.0 Å². The Morgan fingerprint density at radius 2 is 1.69 bits per heavy atom. The second kappa shape index (κ2) is 10.3. The van der Waals surface area contributed by atoms with Crippen molar-refractivity contribution in [1.82, 2.24) is 15.7 Å². The van der Waals surface area contributed by atoms with E-state index in [4.69, 9.17) is 0 Å². The van der Waals surface area contributed by atoms with Crippen LogP contribution in [0.5, 0.6) is 0 Å². The average Bonchev–Trinajstić information content (AvgIpc) is 3.18. The number of fused-ring (bicyclic) bond motifs is 1. The zero-order valence-electron chi connectivity index (χ0n) is 18.7. The van der Waals surface area contributed by atoms with Gasteiger partial charge in [0.25, 0.3) is 17.5 Å². The molecule has 0 unspecified atom stereocenters. The van der Waals surface area contributed by atoms with Gasteiger partial charge in [0.2, 0.25) is 0 Å². The van der Waals surface area contributed by atoms with E-state index in [0.717, 1.165) is 11.3 Å². The number of benzene rings is 3. The standard InChI is InChI=1S/C26H21N5O4/c1-17-22(21-15-20(31(34)35)12-13-23(21)28-17)16-27-30-26(33)24(14-18-8-4-2-5-9-18)29-25(32)19-10-6-3-7-11-19/h2-16,28H,1H3,(H,29,32)(H,30,33)/b24-14+,27-16-. The highest BCUT2D eigenvalue weighted by Crippen LogP contribution is 2.25. The van der Waals surface area contributed by atoms with Crippen LogP contribution in [0.15, 0.2) is 89.7 Å². The second-order valence-electron chi connectivity index (χ2n) is 7.64. The quantitative estimate of drug-likeness (QED) is 0.162. The van der Waals surface area contributed by atoms with Gasteiger partial charge in [-0.25, -0.2) is 5.43 Å². The number of H-pyrrole nitrogens is 1. The largest absolute Gasteiger partial charge is 0.358 e. The minimum absolute atomic E-state index is 0.00786. The number of hydrogen-bond acceptors (Lipinski definition) is 5. The van der Waals surface area contributed by atoms with Gasteiger partial charge in [-0.15, -0.1) is 0 Å². The summed E-state index contributed by atoms with van der Waals surface area (Å²) in [6.07, 6.45) is 2.96. The summed E-state index contributed by atoms with van der Waals surface area (Å²) in [5.74, 6) is -1.07. The van der Waals surface area contributed by atoms with Crippen molar-refractivity contribution >= 4 is 40.7 Å². The molecule has 35 heavy (non-hydrogen) atoms. The predicted molar refractivity (Wildman–Crippen MR) is 134 cm³/mol. The van der Waals surface area contributed by atoms with Gasteiger partial charge >= 0.3 is 0 Å². The fourth-order valence-electron chi connectivity index (χ4n) is 3.49. The van der Waals surface area contributed by atoms with Crippen molar-refractivity contribution in [2.75, 3.05) is 0 Å². The maximum Gasteiger partial charge on any atom is 0.287 e. The smallest absolute Gasteiger partial charge is 0.287 e. The van der Waals surface area contributed by atoms with Gasteiger partial charge in [-0.2, -0.15) is 5.10 Å². The van der Waals surface area contributed by atoms with Crippen LogP contribution >= 0.6 is 0 Å². The summed E-state index contributed by atoms with van der Waals surface area (Å²) in [4.78, 5) is 39.4. The fraction of sp³-hybridized carbons (Fsp3) is 0.0385. The normalized spacial score (nSPS) is 11.5. The van der Waals surface area contributed by atoms with E-state index in [-0.39, 0.29) is 11.4 Å². The highest BCUT2D eigenvalue weighted by Gasteiger charge is 2.15. The molecule has 0 radical (unpaired) electrons. The lowest BCUT2D eigenvalue weighted by atomic mass is 10.1. The summed E-state index contributed by atoms with van der Waals surface area (Å²) in [5.41, 5.74) is 5.55. The number of nitro groups is 1. The van der Waals surface area contributed by atoms with Gasteiger partial charge < -0.3 is 10.3 Å². The van der Waals surface area contributed by atoms with E-state index >= 15 is 0 Å². The van der Waals surface area contributed by atoms with Crippen LogP contribution in [0.1, 0.15) is 27.2 Å². The van der Waals surface area contributed by atoms with Gasteiger partial charge in [0.05, 0.1) is 11.1 Å². The van der Waals surface area contributed by atoms with Gasteiger partial charge in [0.1, 0.15) is 5.70 Å². The van der Waals surface area contributed by atoms with E-state index in [1.54, 1.807) is 61.5 Å². The molecule has 0 spiro atoms. The molecule has 1 heterocycles. The van der Waals surface area contributed by atoms with Gasteiger partial charge in [0, 0.05) is 39.9 Å². The molecule has 0 saturated carbocycles. The zero-order chi connectivity index (χ0) is 24.8. The summed E-state index contributed by atoms with van der Waals surface area (Å²) in [6, 6.07) is 22.1. The van der Waals surface area contributed by atoms with Crippen molar-refractivity contribution < 1.29 is 14.5 Å². The van der Waals surface area contributed by atoms with Gasteiger partial charge in [-0.1, -0.05) is 48.5 Å². The minimum Gasteiger partial charge on any atom is -0.358 e. The summed E-state index contributed by atoms with van der Waals surface area (Å²) >= 11 is 0. The molecule has 0 fully saturated rings. The molecule has 174 valence electrons. The van der Waals surface area contributed by atoms with Crippen molar-refractivity contribution in [3.8, 4) is 0 Å². The topological polar surface area (TPSA) is 129 Å². The molecule has 3 N–H and O–H groups in total. The van der Waals surface area contributed by atoms with Gasteiger partial charge in [-0.3, -0.25) is 19.7 Å². The molecule has 3 aromatic carbocycles. The summed E-state index contributed by atoms with van der Waals surface area (Å²) in [6.45, 7) is 1.80. The summed E-state index contributed by atoms with van der Waals surface area (Å²) < 4.78 is 0. The van der Waals surface area contributed by atoms with Crippen LogP contribution in [0.2, 0.25) is 0 Å². The number of nitrogens with zero attached hydrogens (tertiary/aromatic N) is 2. The van der Waals surface area contributed by atoms with Crippen molar-refractivity contribution in [2.45, 2.75) is 6.92 Å². The first-order valence-corrected chi connectivity index (χ1v) is 10.7. The Balaban J connectivity index is 1.58. The second-order valence-corrected chi connectivity index (χ2v) is 7.64. The Morgan fingerprint density at radius 1 is 1.00 bits per heavy atom. The molecular formula is C26H21N5O4. The molecule has 1 aromatic heterocycles. The average molecular weight is 467 g/mol. The lowest BCUT2D eigenvalue weighted by Gasteiger charge is -2.09. The fourth-order valence-corrected chi connectivity index (χ4v) is 3.49. The van der Waals surface area contributed by atoms with E-state index in [9.17, 15) is 19.7 Å². The molecule has 0 aliphatic carbocycles. The third-order valence-corrected chi connectivity index (χ3v) is 5.23. The first-order chi connectivity index (χ1) is 16.9. The van der Waals surface area contributed by atoms with Crippen molar-refractivity contribution in [3.63, 3.8) is 0 Å². The molecule has 9 nitrogen and oxygen atoms in total. The number of aryl methyl sites for hydroxylation is 1. The van der Waals surface area contributed by atoms with E-state index in [1.807, 2.05) is 18.2 Å². The molecule has 4 rings (SSSR count). The number of nitro benzene ring substituents is 1. The Hall–Kier alpha value is -5.05. The molecule has 0 aliphatic heterocycles. The zero-order valence-corrected chi connectivity index (χ0v) is 18.7. The highest BCUT2D eigenvalue weighted by molar-refractivity contribution is 6.06. The first kappa shape index (κ1) is 23.1. The summed E-state index contributed by atoms with van der Waals surface area (Å²) in [5, 5.41) is 18.4. The van der Waals surface area contributed by atoms with Crippen molar-refractivity contribution in [1.29, 1.82) is 0 Å². The third kappa shape index (κ3) is 5.48. The molecule has 0 bridgehead atoms.